The molecule has 0 bridgehead atoms. The fraction of sp³-hybridized carbons (Fsp3) is 0.217. The molecule has 2 aliphatic heterocycles. The molecule has 0 fully saturated rings. The van der Waals surface area contributed by atoms with Gasteiger partial charge in [-0.2, -0.15) is 5.10 Å². The van der Waals surface area contributed by atoms with Gasteiger partial charge < -0.3 is 4.74 Å². The minimum Gasteiger partial charge on any atom is -0.464 e. The minimum absolute atomic E-state index is 0.0931. The normalized spacial score (nSPS) is 20.2. The minimum atomic E-state index is -0.288. The van der Waals surface area contributed by atoms with Crippen LogP contribution in [0.3, 0.4) is 0 Å². The molecule has 140 valence electrons. The molecule has 2 aromatic carbocycles. The van der Waals surface area contributed by atoms with Gasteiger partial charge in [-0.3, -0.25) is 4.98 Å². The first-order valence-electron chi connectivity index (χ1n) is 9.39. The van der Waals surface area contributed by atoms with E-state index in [0.29, 0.717) is 5.02 Å². The SMILES string of the molecule is Cc1ccc(C)c(C2=NN3[C@@H](C2)c2cc(Cl)ccc2O[C@H]3c2ccncc2)c1. The number of benzene rings is 2. The maximum atomic E-state index is 6.36. The van der Waals surface area contributed by atoms with Gasteiger partial charge in [-0.15, -0.1) is 0 Å². The molecule has 3 heterocycles. The third-order valence-electron chi connectivity index (χ3n) is 5.45. The summed E-state index contributed by atoms with van der Waals surface area (Å²) in [6, 6.07) is 16.4. The Morgan fingerprint density at radius 2 is 1.86 bits per heavy atom. The number of aryl methyl sites for hydroxylation is 2. The zero-order valence-corrected chi connectivity index (χ0v) is 16.5. The molecule has 0 aliphatic carbocycles. The van der Waals surface area contributed by atoms with E-state index >= 15 is 0 Å². The largest absolute Gasteiger partial charge is 0.464 e. The van der Waals surface area contributed by atoms with Crippen molar-refractivity contribution in [3.8, 4) is 5.75 Å². The van der Waals surface area contributed by atoms with Crippen LogP contribution in [-0.4, -0.2) is 15.7 Å². The lowest BCUT2D eigenvalue weighted by atomic mass is 9.93. The molecule has 4 nitrogen and oxygen atoms in total. The smallest absolute Gasteiger partial charge is 0.213 e. The first-order chi connectivity index (χ1) is 13.6. The molecule has 28 heavy (non-hydrogen) atoms. The van der Waals surface area contributed by atoms with Crippen molar-refractivity contribution in [2.45, 2.75) is 32.5 Å². The van der Waals surface area contributed by atoms with Crippen LogP contribution in [-0.2, 0) is 0 Å². The molecular formula is C23H20ClN3O. The van der Waals surface area contributed by atoms with Crippen molar-refractivity contribution in [3.63, 3.8) is 0 Å². The highest BCUT2D eigenvalue weighted by molar-refractivity contribution is 6.30. The number of aromatic nitrogens is 1. The van der Waals surface area contributed by atoms with Crippen LogP contribution in [0.5, 0.6) is 5.75 Å². The molecule has 1 aromatic heterocycles. The van der Waals surface area contributed by atoms with Crippen molar-refractivity contribution in [2.24, 2.45) is 5.10 Å². The standard InChI is InChI=1S/C23H20ClN3O/c1-14-3-4-15(2)18(11-14)20-13-21-19-12-17(24)5-6-22(19)28-23(27(21)26-20)16-7-9-25-10-8-16/h3-12,21,23H,13H2,1-2H3/t21-,23-/m0/s1. The summed E-state index contributed by atoms with van der Waals surface area (Å²) in [6.07, 6.45) is 4.11. The molecule has 0 spiro atoms. The highest BCUT2D eigenvalue weighted by atomic mass is 35.5. The van der Waals surface area contributed by atoms with Gasteiger partial charge in [0.15, 0.2) is 0 Å². The highest BCUT2D eigenvalue weighted by Crippen LogP contribution is 2.48. The van der Waals surface area contributed by atoms with Crippen LogP contribution >= 0.6 is 11.6 Å². The van der Waals surface area contributed by atoms with Crippen LogP contribution in [0.2, 0.25) is 5.02 Å². The van der Waals surface area contributed by atoms with Gasteiger partial charge in [-0.25, -0.2) is 5.01 Å². The lowest BCUT2D eigenvalue weighted by Crippen LogP contribution is -2.33. The van der Waals surface area contributed by atoms with Gasteiger partial charge in [0, 0.05) is 40.5 Å². The van der Waals surface area contributed by atoms with Crippen molar-refractivity contribution in [1.82, 2.24) is 9.99 Å². The summed E-state index contributed by atoms with van der Waals surface area (Å²) in [5.41, 5.74) is 6.87. The molecule has 0 amide bonds. The van der Waals surface area contributed by atoms with Gasteiger partial charge in [0.25, 0.3) is 0 Å². The number of halogens is 1. The summed E-state index contributed by atoms with van der Waals surface area (Å²) >= 11 is 6.30. The average molecular weight is 390 g/mol. The number of hydrazone groups is 1. The Bertz CT molecular complexity index is 1080. The number of rotatable bonds is 2. The van der Waals surface area contributed by atoms with Crippen LogP contribution in [0, 0.1) is 13.8 Å². The Labute approximate surface area is 169 Å². The molecule has 2 atom stereocenters. The van der Waals surface area contributed by atoms with Crippen molar-refractivity contribution in [2.75, 3.05) is 0 Å². The quantitative estimate of drug-likeness (QED) is 0.573. The number of ether oxygens (including phenoxy) is 1. The molecule has 3 aromatic rings. The van der Waals surface area contributed by atoms with Gasteiger partial charge in [0.2, 0.25) is 6.23 Å². The topological polar surface area (TPSA) is 37.7 Å². The van der Waals surface area contributed by atoms with Gasteiger partial charge in [0.05, 0.1) is 11.8 Å². The first-order valence-corrected chi connectivity index (χ1v) is 9.77. The number of nitrogens with zero attached hydrogens (tertiary/aromatic N) is 3. The summed E-state index contributed by atoms with van der Waals surface area (Å²) in [4.78, 5) is 4.14. The maximum Gasteiger partial charge on any atom is 0.213 e. The fourth-order valence-corrected chi connectivity index (χ4v) is 4.20. The predicted molar refractivity (Wildman–Crippen MR) is 111 cm³/mol. The molecule has 0 saturated carbocycles. The van der Waals surface area contributed by atoms with E-state index in [2.05, 4.69) is 42.0 Å². The van der Waals surface area contributed by atoms with Crippen LogP contribution < -0.4 is 4.74 Å². The third kappa shape index (κ3) is 2.85. The van der Waals surface area contributed by atoms with Crippen LogP contribution in [0.25, 0.3) is 0 Å². The van der Waals surface area contributed by atoms with E-state index in [1.165, 1.54) is 16.7 Å². The second-order valence-electron chi connectivity index (χ2n) is 7.40. The van der Waals surface area contributed by atoms with Crippen LogP contribution in [0.15, 0.2) is 66.0 Å². The molecule has 5 rings (SSSR count). The Kier molecular flexibility index (Phi) is 4.09. The van der Waals surface area contributed by atoms with E-state index in [1.807, 2.05) is 30.3 Å². The van der Waals surface area contributed by atoms with E-state index in [9.17, 15) is 0 Å². The third-order valence-corrected chi connectivity index (χ3v) is 5.68. The van der Waals surface area contributed by atoms with Gasteiger partial charge in [0.1, 0.15) is 5.75 Å². The Hall–Kier alpha value is -2.85. The molecular weight excluding hydrogens is 370 g/mol. The number of pyridine rings is 1. The van der Waals surface area contributed by atoms with Crippen molar-refractivity contribution < 1.29 is 4.74 Å². The summed E-state index contributed by atoms with van der Waals surface area (Å²) in [5, 5.41) is 7.82. The molecule has 0 unspecified atom stereocenters. The van der Waals surface area contributed by atoms with E-state index < -0.39 is 0 Å². The molecule has 0 saturated heterocycles. The second kappa shape index (κ2) is 6.64. The first kappa shape index (κ1) is 17.3. The van der Waals surface area contributed by atoms with Crippen molar-refractivity contribution in [1.29, 1.82) is 0 Å². The predicted octanol–water partition coefficient (Wildman–Crippen LogP) is 5.59. The Balaban J connectivity index is 1.63. The van der Waals surface area contributed by atoms with Gasteiger partial charge >= 0.3 is 0 Å². The number of hydrogen-bond acceptors (Lipinski definition) is 4. The van der Waals surface area contributed by atoms with E-state index in [0.717, 1.165) is 29.0 Å². The number of fused-ring (bicyclic) bond motifs is 3. The molecule has 0 radical (unpaired) electrons. The zero-order chi connectivity index (χ0) is 19.3. The Morgan fingerprint density at radius 1 is 1.04 bits per heavy atom. The zero-order valence-electron chi connectivity index (χ0n) is 15.8. The Morgan fingerprint density at radius 3 is 2.68 bits per heavy atom. The second-order valence-corrected chi connectivity index (χ2v) is 7.83. The van der Waals surface area contributed by atoms with Crippen LogP contribution in [0.4, 0.5) is 0 Å². The van der Waals surface area contributed by atoms with Crippen LogP contribution in [0.1, 0.15) is 46.5 Å². The highest BCUT2D eigenvalue weighted by Gasteiger charge is 2.41. The molecule has 2 aliphatic rings. The number of hydrogen-bond donors (Lipinski definition) is 0. The summed E-state index contributed by atoms with van der Waals surface area (Å²) < 4.78 is 6.36. The lowest BCUT2D eigenvalue weighted by Gasteiger charge is -2.38. The summed E-state index contributed by atoms with van der Waals surface area (Å²) in [7, 11) is 0. The van der Waals surface area contributed by atoms with E-state index in [-0.39, 0.29) is 12.3 Å². The van der Waals surface area contributed by atoms with Crippen molar-refractivity contribution >= 4 is 17.3 Å². The summed E-state index contributed by atoms with van der Waals surface area (Å²) in [6.45, 7) is 4.25. The molecule has 0 N–H and O–H groups in total. The lowest BCUT2D eigenvalue weighted by molar-refractivity contribution is -0.0190. The van der Waals surface area contributed by atoms with E-state index in [4.69, 9.17) is 21.4 Å². The maximum absolute atomic E-state index is 6.36. The van der Waals surface area contributed by atoms with E-state index in [1.54, 1.807) is 12.4 Å². The fourth-order valence-electron chi connectivity index (χ4n) is 4.02. The summed E-state index contributed by atoms with van der Waals surface area (Å²) in [5.74, 6) is 0.866. The monoisotopic (exact) mass is 389 g/mol. The van der Waals surface area contributed by atoms with Gasteiger partial charge in [-0.1, -0.05) is 29.3 Å². The van der Waals surface area contributed by atoms with Gasteiger partial charge in [-0.05, 0) is 55.8 Å². The van der Waals surface area contributed by atoms with Crippen molar-refractivity contribution in [3.05, 3.63) is 93.8 Å². The molecule has 5 heteroatoms. The average Bonchev–Trinajstić information content (AvgIpc) is 3.15.